The Balaban J connectivity index is 3.27. The number of carboxylic acid groups (broad SMARTS) is 1. The first kappa shape index (κ1) is 12.8. The maximum Gasteiger partial charge on any atom is 0.312 e. The molecule has 0 fully saturated rings. The Labute approximate surface area is 79.0 Å². The molecule has 0 aliphatic carbocycles. The number of carbonyl (C=O) groups excluding carboxylic acids is 1. The number of aliphatic carboxylic acids is 1. The van der Waals surface area contributed by atoms with Crippen LogP contribution < -0.4 is 5.32 Å². The van der Waals surface area contributed by atoms with Crippen molar-refractivity contribution in [2.75, 3.05) is 19.8 Å². The molecule has 0 saturated heterocycles. The molecule has 82 valence electrons. The van der Waals surface area contributed by atoms with Crippen molar-refractivity contribution in [1.82, 2.24) is 5.32 Å². The largest absolute Gasteiger partial charge is 0.481 e. The number of ether oxygens (including phenoxy) is 1. The molecule has 0 atom stereocenters. The summed E-state index contributed by atoms with van der Waals surface area (Å²) in [6.45, 7) is -0.719. The second-order valence-corrected chi connectivity index (χ2v) is 2.39. The fourth-order valence-corrected chi connectivity index (χ4v) is 0.635. The zero-order chi connectivity index (χ0) is 11.0. The lowest BCUT2D eigenvalue weighted by Crippen LogP contribution is -2.29. The van der Waals surface area contributed by atoms with Gasteiger partial charge in [-0.15, -0.1) is 0 Å². The molecule has 1 amide bonds. The van der Waals surface area contributed by atoms with Crippen LogP contribution in [0.5, 0.6) is 0 Å². The maximum atomic E-state index is 11.5. The number of carbonyl (C=O) groups is 2. The Hall–Kier alpha value is -1.24. The first-order valence-electron chi connectivity index (χ1n) is 3.86. The molecule has 0 aliphatic heterocycles. The molecule has 0 aliphatic rings. The molecule has 0 aromatic rings. The number of hydrogen-bond donors (Lipinski definition) is 2. The van der Waals surface area contributed by atoms with E-state index in [4.69, 9.17) is 5.11 Å². The van der Waals surface area contributed by atoms with E-state index >= 15 is 0 Å². The third kappa shape index (κ3) is 8.85. The van der Waals surface area contributed by atoms with Gasteiger partial charge in [0.15, 0.2) is 0 Å². The molecule has 14 heavy (non-hydrogen) atoms. The van der Waals surface area contributed by atoms with E-state index in [1.54, 1.807) is 0 Å². The van der Waals surface area contributed by atoms with E-state index in [0.717, 1.165) is 0 Å². The quantitative estimate of drug-likeness (QED) is 0.454. The van der Waals surface area contributed by atoms with Crippen molar-refractivity contribution in [1.29, 1.82) is 0 Å². The van der Waals surface area contributed by atoms with E-state index < -0.39 is 31.3 Å². The summed E-state index contributed by atoms with van der Waals surface area (Å²) in [6.07, 6.45) is -3.17. The van der Waals surface area contributed by atoms with E-state index in [1.165, 1.54) is 0 Å². The van der Waals surface area contributed by atoms with Gasteiger partial charge >= 0.3 is 5.97 Å². The Morgan fingerprint density at radius 3 is 2.57 bits per heavy atom. The lowest BCUT2D eigenvalue weighted by atomic mass is 10.4. The standard InChI is InChI=1S/C7H11F2NO4/c8-5(9)4-14-2-1-10-6(11)3-7(12)13/h5H,1-4H2,(H,10,11)(H,12,13). The molecule has 0 heterocycles. The molecule has 0 radical (unpaired) electrons. The normalized spacial score (nSPS) is 10.2. The van der Waals surface area contributed by atoms with Gasteiger partial charge in [-0.1, -0.05) is 0 Å². The SMILES string of the molecule is O=C(O)CC(=O)NCCOCC(F)F. The summed E-state index contributed by atoms with van der Waals surface area (Å²) < 4.78 is 27.4. The Morgan fingerprint density at radius 2 is 2.07 bits per heavy atom. The molecule has 0 bridgehead atoms. The molecule has 0 aromatic heterocycles. The van der Waals surface area contributed by atoms with E-state index in [0.29, 0.717) is 0 Å². The van der Waals surface area contributed by atoms with Crippen LogP contribution in [-0.2, 0) is 14.3 Å². The number of halogens is 2. The van der Waals surface area contributed by atoms with Crippen LogP contribution in [0.1, 0.15) is 6.42 Å². The third-order valence-electron chi connectivity index (χ3n) is 1.12. The van der Waals surface area contributed by atoms with Gasteiger partial charge in [0.1, 0.15) is 13.0 Å². The number of carboxylic acids is 1. The summed E-state index contributed by atoms with van der Waals surface area (Å²) in [5.41, 5.74) is 0. The van der Waals surface area contributed by atoms with Gasteiger partial charge < -0.3 is 15.2 Å². The van der Waals surface area contributed by atoms with E-state index in [-0.39, 0.29) is 13.2 Å². The fraction of sp³-hybridized carbons (Fsp3) is 0.714. The summed E-state index contributed by atoms with van der Waals surface area (Å²) in [5.74, 6) is -1.91. The summed E-state index contributed by atoms with van der Waals surface area (Å²) in [4.78, 5) is 20.7. The van der Waals surface area contributed by atoms with Crippen molar-refractivity contribution >= 4 is 11.9 Å². The monoisotopic (exact) mass is 211 g/mol. The topological polar surface area (TPSA) is 75.6 Å². The molecular weight excluding hydrogens is 200 g/mol. The van der Waals surface area contributed by atoms with Crippen molar-refractivity contribution in [3.63, 3.8) is 0 Å². The van der Waals surface area contributed by atoms with Gasteiger partial charge in [-0.05, 0) is 0 Å². The van der Waals surface area contributed by atoms with Crippen LogP contribution in [-0.4, -0.2) is 43.2 Å². The first-order valence-corrected chi connectivity index (χ1v) is 3.86. The highest BCUT2D eigenvalue weighted by atomic mass is 19.3. The van der Waals surface area contributed by atoms with Crippen molar-refractivity contribution in [3.8, 4) is 0 Å². The summed E-state index contributed by atoms with van der Waals surface area (Å²) >= 11 is 0. The van der Waals surface area contributed by atoms with Crippen LogP contribution in [0.25, 0.3) is 0 Å². The summed E-state index contributed by atoms with van der Waals surface area (Å²) in [6, 6.07) is 0. The van der Waals surface area contributed by atoms with Gasteiger partial charge in [-0.3, -0.25) is 9.59 Å². The van der Waals surface area contributed by atoms with E-state index in [2.05, 4.69) is 10.1 Å². The van der Waals surface area contributed by atoms with Gasteiger partial charge in [0, 0.05) is 6.54 Å². The lowest BCUT2D eigenvalue weighted by molar-refractivity contribution is -0.140. The Morgan fingerprint density at radius 1 is 1.43 bits per heavy atom. The number of nitrogens with one attached hydrogen (secondary N) is 1. The molecule has 7 heteroatoms. The average Bonchev–Trinajstić information content (AvgIpc) is 2.01. The fourth-order valence-electron chi connectivity index (χ4n) is 0.635. The van der Waals surface area contributed by atoms with E-state index in [9.17, 15) is 18.4 Å². The van der Waals surface area contributed by atoms with Crippen LogP contribution in [0.3, 0.4) is 0 Å². The summed E-state index contributed by atoms with van der Waals surface area (Å²) in [7, 11) is 0. The second-order valence-electron chi connectivity index (χ2n) is 2.39. The zero-order valence-electron chi connectivity index (χ0n) is 7.33. The zero-order valence-corrected chi connectivity index (χ0v) is 7.33. The van der Waals surface area contributed by atoms with Gasteiger partial charge in [-0.2, -0.15) is 0 Å². The van der Waals surface area contributed by atoms with Crippen LogP contribution >= 0.6 is 0 Å². The molecule has 0 rings (SSSR count). The second kappa shape index (κ2) is 7.19. The van der Waals surface area contributed by atoms with Crippen LogP contribution in [0, 0.1) is 0 Å². The smallest absolute Gasteiger partial charge is 0.312 e. The number of amides is 1. The van der Waals surface area contributed by atoms with Crippen molar-refractivity contribution < 1.29 is 28.2 Å². The molecule has 0 aromatic carbocycles. The van der Waals surface area contributed by atoms with Crippen LogP contribution in [0.2, 0.25) is 0 Å². The van der Waals surface area contributed by atoms with E-state index in [1.807, 2.05) is 0 Å². The highest BCUT2D eigenvalue weighted by Gasteiger charge is 2.06. The maximum absolute atomic E-state index is 11.5. The van der Waals surface area contributed by atoms with Crippen LogP contribution in [0.4, 0.5) is 8.78 Å². The highest BCUT2D eigenvalue weighted by Crippen LogP contribution is 1.91. The average molecular weight is 211 g/mol. The first-order chi connectivity index (χ1) is 6.52. The van der Waals surface area contributed by atoms with Gasteiger partial charge in [0.05, 0.1) is 6.61 Å². The molecule has 5 nitrogen and oxygen atoms in total. The van der Waals surface area contributed by atoms with Crippen molar-refractivity contribution in [2.24, 2.45) is 0 Å². The van der Waals surface area contributed by atoms with Crippen molar-refractivity contribution in [3.05, 3.63) is 0 Å². The van der Waals surface area contributed by atoms with Crippen molar-refractivity contribution in [2.45, 2.75) is 12.8 Å². The Bertz CT molecular complexity index is 198. The predicted molar refractivity (Wildman–Crippen MR) is 42.1 cm³/mol. The highest BCUT2D eigenvalue weighted by molar-refractivity contribution is 5.93. The molecule has 2 N–H and O–H groups in total. The number of alkyl halides is 2. The number of rotatable bonds is 7. The molecule has 0 unspecified atom stereocenters. The number of hydrogen-bond acceptors (Lipinski definition) is 3. The minimum Gasteiger partial charge on any atom is -0.481 e. The predicted octanol–water partition coefficient (Wildman–Crippen LogP) is -0.141. The van der Waals surface area contributed by atoms with Gasteiger partial charge in [0.25, 0.3) is 6.43 Å². The van der Waals surface area contributed by atoms with Gasteiger partial charge in [-0.25, -0.2) is 8.78 Å². The Kier molecular flexibility index (Phi) is 6.55. The third-order valence-corrected chi connectivity index (χ3v) is 1.12. The van der Waals surface area contributed by atoms with Crippen LogP contribution in [0.15, 0.2) is 0 Å². The minimum absolute atomic E-state index is 0.0266. The molecule has 0 spiro atoms. The lowest BCUT2D eigenvalue weighted by Gasteiger charge is -2.04. The summed E-state index contributed by atoms with van der Waals surface area (Å²) in [5, 5.41) is 10.4. The minimum atomic E-state index is -2.54. The van der Waals surface area contributed by atoms with Gasteiger partial charge in [0.2, 0.25) is 5.91 Å². The molecule has 0 saturated carbocycles. The molecular formula is C7H11F2NO4.